The van der Waals surface area contributed by atoms with Gasteiger partial charge in [-0.15, -0.1) is 0 Å². The third kappa shape index (κ3) is 8.03. The molecule has 0 aliphatic carbocycles. The lowest BCUT2D eigenvalue weighted by Gasteiger charge is -2.26. The second kappa shape index (κ2) is 13.4. The summed E-state index contributed by atoms with van der Waals surface area (Å²) in [5.74, 6) is 0.761. The van der Waals surface area contributed by atoms with Crippen molar-refractivity contribution < 1.29 is 17.9 Å². The number of para-hydroxylation sites is 1. The van der Waals surface area contributed by atoms with Crippen LogP contribution in [-0.4, -0.2) is 25.8 Å². The Balaban J connectivity index is 1.58. The highest BCUT2D eigenvalue weighted by atomic mass is 35.5. The van der Waals surface area contributed by atoms with Crippen molar-refractivity contribution in [3.8, 4) is 11.5 Å². The van der Waals surface area contributed by atoms with Crippen LogP contribution in [0.15, 0.2) is 95.9 Å². The van der Waals surface area contributed by atoms with Crippen LogP contribution in [0.2, 0.25) is 10.0 Å². The quantitative estimate of drug-likeness (QED) is 0.185. The topological polar surface area (TPSA) is 75.7 Å². The van der Waals surface area contributed by atoms with Gasteiger partial charge in [0.2, 0.25) is 0 Å². The van der Waals surface area contributed by atoms with Gasteiger partial charge in [0.05, 0.1) is 21.2 Å². The van der Waals surface area contributed by atoms with Crippen molar-refractivity contribution in [3.05, 3.63) is 118 Å². The summed E-state index contributed by atoms with van der Waals surface area (Å²) < 4.78 is 35.1. The van der Waals surface area contributed by atoms with Crippen LogP contribution in [0.4, 0.5) is 5.69 Å². The number of rotatable bonds is 11. The minimum absolute atomic E-state index is 0.00686. The molecule has 4 rings (SSSR count). The first-order valence-electron chi connectivity index (χ1n) is 13.3. The number of ether oxygens (including phenoxy) is 1. The molecule has 1 amide bonds. The van der Waals surface area contributed by atoms with E-state index in [0.717, 1.165) is 12.0 Å². The lowest BCUT2D eigenvalue weighted by atomic mass is 10.1. The Morgan fingerprint density at radius 3 is 2.20 bits per heavy atom. The van der Waals surface area contributed by atoms with Gasteiger partial charge in [0.25, 0.3) is 15.9 Å². The van der Waals surface area contributed by atoms with E-state index in [0.29, 0.717) is 34.6 Å². The van der Waals surface area contributed by atoms with E-state index < -0.39 is 10.0 Å². The largest absolute Gasteiger partial charge is 0.456 e. The number of hydrogen-bond acceptors (Lipinski definition) is 4. The predicted octanol–water partition coefficient (Wildman–Crippen LogP) is 8.45. The van der Waals surface area contributed by atoms with E-state index >= 15 is 0 Å². The van der Waals surface area contributed by atoms with Crippen molar-refractivity contribution in [3.63, 3.8) is 0 Å². The van der Waals surface area contributed by atoms with E-state index in [1.165, 1.54) is 29.8 Å². The first-order chi connectivity index (χ1) is 19.6. The van der Waals surface area contributed by atoms with Gasteiger partial charge in [-0.25, -0.2) is 8.42 Å². The van der Waals surface area contributed by atoms with E-state index in [2.05, 4.69) is 23.8 Å². The zero-order valence-corrected chi connectivity index (χ0v) is 25.4. The molecule has 4 aromatic rings. The number of nitrogens with zero attached hydrogens (tertiary/aromatic N) is 1. The molecule has 4 aromatic carbocycles. The Kier molecular flexibility index (Phi) is 9.97. The third-order valence-corrected chi connectivity index (χ3v) is 8.26. The maximum Gasteiger partial charge on any atom is 0.261 e. The van der Waals surface area contributed by atoms with Crippen molar-refractivity contribution in [1.29, 1.82) is 0 Å². The Labute approximate surface area is 251 Å². The maximum absolute atomic E-state index is 13.9. The third-order valence-electron chi connectivity index (χ3n) is 6.33. The second-order valence-electron chi connectivity index (χ2n) is 10.0. The predicted molar refractivity (Wildman–Crippen MR) is 166 cm³/mol. The fraction of sp³-hybridized carbons (Fsp3) is 0.219. The van der Waals surface area contributed by atoms with E-state index in [4.69, 9.17) is 27.9 Å². The van der Waals surface area contributed by atoms with Crippen LogP contribution in [0.3, 0.4) is 0 Å². The summed E-state index contributed by atoms with van der Waals surface area (Å²) in [5.41, 5.74) is 2.52. The zero-order chi connectivity index (χ0) is 29.6. The smallest absolute Gasteiger partial charge is 0.261 e. The standard InChI is InChI=1S/C32H32Cl2N2O4S/c1-4-23-9-11-24(12-10-23)21-36(20-22(2)3)32(37)28-19-25(33)13-18-30(28)35-41(38,39)27-16-14-26(15-17-27)40-31-8-6-5-7-29(31)34/h5-19,22,35H,4,20-21H2,1-3H3. The minimum atomic E-state index is -4.04. The van der Waals surface area contributed by atoms with Gasteiger partial charge in [0.15, 0.2) is 0 Å². The van der Waals surface area contributed by atoms with Gasteiger partial charge in [0, 0.05) is 18.1 Å². The Morgan fingerprint density at radius 2 is 1.56 bits per heavy atom. The van der Waals surface area contributed by atoms with E-state index in [-0.39, 0.29) is 28.0 Å². The molecule has 0 bridgehead atoms. The lowest BCUT2D eigenvalue weighted by Crippen LogP contribution is -2.34. The molecule has 41 heavy (non-hydrogen) atoms. The van der Waals surface area contributed by atoms with Crippen molar-refractivity contribution in [2.24, 2.45) is 5.92 Å². The number of halogens is 2. The molecule has 0 heterocycles. The molecule has 214 valence electrons. The van der Waals surface area contributed by atoms with E-state index in [1.807, 2.05) is 26.0 Å². The van der Waals surface area contributed by atoms with Crippen molar-refractivity contribution in [2.45, 2.75) is 38.6 Å². The molecule has 0 saturated carbocycles. The molecule has 0 aromatic heterocycles. The average Bonchev–Trinajstić information content (AvgIpc) is 2.95. The number of sulfonamides is 1. The minimum Gasteiger partial charge on any atom is -0.456 e. The fourth-order valence-corrected chi connectivity index (χ4v) is 5.68. The first kappa shape index (κ1) is 30.4. The average molecular weight is 612 g/mol. The summed E-state index contributed by atoms with van der Waals surface area (Å²) in [6.07, 6.45) is 0.929. The summed E-state index contributed by atoms with van der Waals surface area (Å²) in [4.78, 5) is 15.6. The van der Waals surface area contributed by atoms with Gasteiger partial charge in [-0.3, -0.25) is 9.52 Å². The maximum atomic E-state index is 13.9. The molecule has 0 radical (unpaired) electrons. The van der Waals surface area contributed by atoms with Gasteiger partial charge < -0.3 is 9.64 Å². The SMILES string of the molecule is CCc1ccc(CN(CC(C)C)C(=O)c2cc(Cl)ccc2NS(=O)(=O)c2ccc(Oc3ccccc3Cl)cc2)cc1. The van der Waals surface area contributed by atoms with Crippen LogP contribution >= 0.6 is 23.2 Å². The Morgan fingerprint density at radius 1 is 0.902 bits per heavy atom. The van der Waals surface area contributed by atoms with Crippen LogP contribution in [-0.2, 0) is 23.0 Å². The number of nitrogens with one attached hydrogen (secondary N) is 1. The number of hydrogen-bond donors (Lipinski definition) is 1. The summed E-state index contributed by atoms with van der Waals surface area (Å²) >= 11 is 12.4. The number of carbonyl (C=O) groups excluding carboxylic acids is 1. The van der Waals surface area contributed by atoms with Crippen LogP contribution in [0.5, 0.6) is 11.5 Å². The fourth-order valence-electron chi connectivity index (χ4n) is 4.26. The highest BCUT2D eigenvalue weighted by Crippen LogP contribution is 2.30. The zero-order valence-electron chi connectivity index (χ0n) is 23.1. The van der Waals surface area contributed by atoms with Gasteiger partial charge in [-0.2, -0.15) is 0 Å². The number of amides is 1. The number of anilines is 1. The monoisotopic (exact) mass is 610 g/mol. The van der Waals surface area contributed by atoms with E-state index in [9.17, 15) is 13.2 Å². The highest BCUT2D eigenvalue weighted by molar-refractivity contribution is 7.92. The van der Waals surface area contributed by atoms with Gasteiger partial charge in [-0.05, 0) is 78.1 Å². The molecule has 6 nitrogen and oxygen atoms in total. The molecule has 0 fully saturated rings. The molecule has 1 N–H and O–H groups in total. The molecule has 0 aliphatic rings. The second-order valence-corrected chi connectivity index (χ2v) is 12.6. The number of carbonyl (C=O) groups is 1. The summed E-state index contributed by atoms with van der Waals surface area (Å²) in [6.45, 7) is 7.02. The number of aryl methyl sites for hydroxylation is 1. The first-order valence-corrected chi connectivity index (χ1v) is 15.5. The van der Waals surface area contributed by atoms with Crippen LogP contribution in [0, 0.1) is 5.92 Å². The summed E-state index contributed by atoms with van der Waals surface area (Å²) in [5, 5.41) is 0.768. The van der Waals surface area contributed by atoms with Gasteiger partial charge in [0.1, 0.15) is 11.5 Å². The van der Waals surface area contributed by atoms with Gasteiger partial charge in [-0.1, -0.05) is 80.4 Å². The lowest BCUT2D eigenvalue weighted by molar-refractivity contribution is 0.0723. The molecule has 0 aliphatic heterocycles. The molecule has 9 heteroatoms. The molecule has 0 spiro atoms. The molecule has 0 saturated heterocycles. The highest BCUT2D eigenvalue weighted by Gasteiger charge is 2.24. The Bertz CT molecular complexity index is 1610. The van der Waals surface area contributed by atoms with Crippen molar-refractivity contribution in [2.75, 3.05) is 11.3 Å². The van der Waals surface area contributed by atoms with Crippen LogP contribution in [0.1, 0.15) is 42.3 Å². The Hall–Kier alpha value is -3.52. The van der Waals surface area contributed by atoms with Crippen molar-refractivity contribution >= 4 is 44.8 Å². The summed E-state index contributed by atoms with van der Waals surface area (Å²) in [7, 11) is -4.04. The van der Waals surface area contributed by atoms with Crippen LogP contribution < -0.4 is 9.46 Å². The van der Waals surface area contributed by atoms with Crippen LogP contribution in [0.25, 0.3) is 0 Å². The molecule has 0 atom stereocenters. The molecular weight excluding hydrogens is 579 g/mol. The summed E-state index contributed by atoms with van der Waals surface area (Å²) in [6, 6.07) is 25.6. The van der Waals surface area contributed by atoms with Gasteiger partial charge >= 0.3 is 0 Å². The van der Waals surface area contributed by atoms with Crippen molar-refractivity contribution in [1.82, 2.24) is 4.90 Å². The molecular formula is C32H32Cl2N2O4S. The number of benzene rings is 4. The normalized spacial score (nSPS) is 11.4. The molecule has 0 unspecified atom stereocenters. The van der Waals surface area contributed by atoms with E-state index in [1.54, 1.807) is 47.4 Å².